The SMILES string of the molecule is CCNc1nc(Cl)nc(N(C#N)CN2C(=O)c3ccccc3C2=O)n1. The molecule has 2 amide bonds. The van der Waals surface area contributed by atoms with Crippen LogP contribution in [0.25, 0.3) is 0 Å². The van der Waals surface area contributed by atoms with Gasteiger partial charge in [0.15, 0.2) is 6.19 Å². The van der Waals surface area contributed by atoms with Gasteiger partial charge in [-0.05, 0) is 30.7 Å². The first-order valence-corrected chi connectivity index (χ1v) is 7.71. The van der Waals surface area contributed by atoms with Crippen molar-refractivity contribution < 1.29 is 9.59 Å². The van der Waals surface area contributed by atoms with Crippen molar-refractivity contribution in [2.75, 3.05) is 23.4 Å². The fourth-order valence-corrected chi connectivity index (χ4v) is 2.50. The van der Waals surface area contributed by atoms with Gasteiger partial charge >= 0.3 is 0 Å². The topological polar surface area (TPSA) is 115 Å². The smallest absolute Gasteiger partial charge is 0.263 e. The van der Waals surface area contributed by atoms with Crippen LogP contribution >= 0.6 is 11.6 Å². The number of anilines is 2. The second kappa shape index (κ2) is 6.70. The van der Waals surface area contributed by atoms with Crippen LogP contribution in [0, 0.1) is 11.5 Å². The normalized spacial score (nSPS) is 12.8. The van der Waals surface area contributed by atoms with Crippen LogP contribution in [0.4, 0.5) is 11.9 Å². The summed E-state index contributed by atoms with van der Waals surface area (Å²) < 4.78 is 0. The maximum absolute atomic E-state index is 12.4. The third kappa shape index (κ3) is 3.07. The van der Waals surface area contributed by atoms with Gasteiger partial charge in [0.25, 0.3) is 11.8 Å². The lowest BCUT2D eigenvalue weighted by Gasteiger charge is -2.20. The minimum Gasteiger partial charge on any atom is -0.354 e. The van der Waals surface area contributed by atoms with E-state index in [-0.39, 0.29) is 23.8 Å². The van der Waals surface area contributed by atoms with Crippen LogP contribution < -0.4 is 10.2 Å². The quantitative estimate of drug-likeness (QED) is 0.486. The molecule has 0 fully saturated rings. The molecule has 0 aliphatic carbocycles. The lowest BCUT2D eigenvalue weighted by atomic mass is 10.1. The Kier molecular flexibility index (Phi) is 4.45. The summed E-state index contributed by atoms with van der Waals surface area (Å²) in [5.41, 5.74) is 0.597. The number of aromatic nitrogens is 3. The van der Waals surface area contributed by atoms with E-state index in [1.54, 1.807) is 24.3 Å². The van der Waals surface area contributed by atoms with Crippen molar-refractivity contribution in [3.8, 4) is 6.19 Å². The maximum Gasteiger partial charge on any atom is 0.263 e. The third-order valence-corrected chi connectivity index (χ3v) is 3.62. The van der Waals surface area contributed by atoms with Crippen molar-refractivity contribution >= 4 is 35.3 Å². The first-order valence-electron chi connectivity index (χ1n) is 7.33. The second-order valence-corrected chi connectivity index (χ2v) is 5.35. The summed E-state index contributed by atoms with van der Waals surface area (Å²) in [5, 5.41) is 12.2. The van der Waals surface area contributed by atoms with Crippen molar-refractivity contribution in [2.24, 2.45) is 0 Å². The predicted octanol–water partition coefficient (Wildman–Crippen LogP) is 1.50. The molecule has 1 aromatic heterocycles. The molecule has 126 valence electrons. The highest BCUT2D eigenvalue weighted by molar-refractivity contribution is 6.28. The molecular weight excluding hydrogens is 346 g/mol. The minimum absolute atomic E-state index is 0.0602. The van der Waals surface area contributed by atoms with Gasteiger partial charge < -0.3 is 5.32 Å². The number of fused-ring (bicyclic) bond motifs is 1. The van der Waals surface area contributed by atoms with Gasteiger partial charge in [-0.1, -0.05) is 12.1 Å². The highest BCUT2D eigenvalue weighted by Gasteiger charge is 2.36. The van der Waals surface area contributed by atoms with Crippen LogP contribution in [-0.4, -0.2) is 44.9 Å². The number of rotatable bonds is 5. The van der Waals surface area contributed by atoms with Crippen LogP contribution in [0.1, 0.15) is 27.6 Å². The lowest BCUT2D eigenvalue weighted by molar-refractivity contribution is 0.0658. The number of hydrogen-bond acceptors (Lipinski definition) is 8. The van der Waals surface area contributed by atoms with Crippen molar-refractivity contribution in [3.63, 3.8) is 0 Å². The zero-order chi connectivity index (χ0) is 18.0. The maximum atomic E-state index is 12.4. The summed E-state index contributed by atoms with van der Waals surface area (Å²) >= 11 is 5.85. The van der Waals surface area contributed by atoms with Gasteiger partial charge in [-0.3, -0.25) is 14.5 Å². The van der Waals surface area contributed by atoms with Crippen LogP contribution in [0.15, 0.2) is 24.3 Å². The lowest BCUT2D eigenvalue weighted by Crippen LogP contribution is -2.40. The van der Waals surface area contributed by atoms with E-state index in [2.05, 4.69) is 20.3 Å². The Morgan fingerprint density at radius 2 is 1.84 bits per heavy atom. The average molecular weight is 358 g/mol. The molecule has 0 saturated heterocycles. The van der Waals surface area contributed by atoms with Gasteiger partial charge in [0, 0.05) is 6.54 Å². The molecule has 0 bridgehead atoms. The number of carbonyl (C=O) groups excluding carboxylic acids is 2. The van der Waals surface area contributed by atoms with E-state index in [1.165, 1.54) is 0 Å². The molecule has 0 spiro atoms. The Bertz CT molecular complexity index is 861. The molecule has 0 radical (unpaired) electrons. The van der Waals surface area contributed by atoms with E-state index in [9.17, 15) is 14.9 Å². The van der Waals surface area contributed by atoms with Crippen LogP contribution in [0.2, 0.25) is 5.28 Å². The molecule has 1 aliphatic heterocycles. The predicted molar refractivity (Wildman–Crippen MR) is 88.9 cm³/mol. The largest absolute Gasteiger partial charge is 0.354 e. The zero-order valence-electron chi connectivity index (χ0n) is 13.1. The summed E-state index contributed by atoms with van der Waals surface area (Å²) in [7, 11) is 0. The Morgan fingerprint density at radius 3 is 2.40 bits per heavy atom. The number of nitriles is 1. The molecule has 25 heavy (non-hydrogen) atoms. The summed E-state index contributed by atoms with van der Waals surface area (Å²) in [6, 6.07) is 6.47. The Labute approximate surface area is 147 Å². The Morgan fingerprint density at radius 1 is 1.20 bits per heavy atom. The molecule has 0 unspecified atom stereocenters. The van der Waals surface area contributed by atoms with Gasteiger partial charge in [0.05, 0.1) is 11.1 Å². The van der Waals surface area contributed by atoms with E-state index in [1.807, 2.05) is 13.1 Å². The van der Waals surface area contributed by atoms with Crippen LogP contribution in [0.5, 0.6) is 0 Å². The first kappa shape index (κ1) is 16.6. The standard InChI is InChI=1S/C15H12ClN7O2/c1-2-18-14-19-13(16)20-15(21-14)22(7-17)8-23-11(24)9-5-3-4-6-10(9)12(23)25/h3-6H,2,8H2,1H3,(H,18,19,20,21). The van der Waals surface area contributed by atoms with Gasteiger partial charge in [-0.15, -0.1) is 0 Å². The monoisotopic (exact) mass is 357 g/mol. The first-order chi connectivity index (χ1) is 12.0. The fraction of sp³-hybridized carbons (Fsp3) is 0.200. The molecular formula is C15H12ClN7O2. The molecule has 0 atom stereocenters. The highest BCUT2D eigenvalue weighted by Crippen LogP contribution is 2.23. The van der Waals surface area contributed by atoms with Crippen molar-refractivity contribution in [2.45, 2.75) is 6.92 Å². The Balaban J connectivity index is 1.88. The minimum atomic E-state index is -0.479. The van der Waals surface area contributed by atoms with Gasteiger partial charge in [-0.25, -0.2) is 4.90 Å². The average Bonchev–Trinajstić information content (AvgIpc) is 2.84. The number of imide groups is 1. The number of benzene rings is 1. The summed E-state index contributed by atoms with van der Waals surface area (Å²) in [6.45, 7) is 2.07. The van der Waals surface area contributed by atoms with Gasteiger partial charge in [0.1, 0.15) is 6.67 Å². The number of carbonyl (C=O) groups is 2. The van der Waals surface area contributed by atoms with E-state index in [4.69, 9.17) is 11.6 Å². The van der Waals surface area contributed by atoms with E-state index < -0.39 is 11.8 Å². The molecule has 1 N–H and O–H groups in total. The molecule has 2 heterocycles. The number of nitrogens with zero attached hydrogens (tertiary/aromatic N) is 6. The number of nitrogens with one attached hydrogen (secondary N) is 1. The summed E-state index contributed by atoms with van der Waals surface area (Å²) in [5.74, 6) is -0.823. The fourth-order valence-electron chi connectivity index (χ4n) is 2.35. The Hall–Kier alpha value is -3.25. The third-order valence-electron chi connectivity index (χ3n) is 3.45. The van der Waals surface area contributed by atoms with E-state index >= 15 is 0 Å². The summed E-state index contributed by atoms with van der Waals surface area (Å²) in [6.07, 6.45) is 1.86. The number of halogens is 1. The van der Waals surface area contributed by atoms with Crippen molar-refractivity contribution in [1.29, 1.82) is 5.26 Å². The molecule has 1 aromatic carbocycles. The number of amides is 2. The molecule has 0 saturated carbocycles. The van der Waals surface area contributed by atoms with Crippen LogP contribution in [0.3, 0.4) is 0 Å². The summed E-state index contributed by atoms with van der Waals surface area (Å²) in [4.78, 5) is 38.6. The number of hydrogen-bond donors (Lipinski definition) is 1. The molecule has 9 nitrogen and oxygen atoms in total. The van der Waals surface area contributed by atoms with E-state index in [0.29, 0.717) is 17.7 Å². The van der Waals surface area contributed by atoms with Gasteiger partial charge in [0.2, 0.25) is 17.2 Å². The van der Waals surface area contributed by atoms with Gasteiger partial charge in [-0.2, -0.15) is 20.2 Å². The zero-order valence-corrected chi connectivity index (χ0v) is 13.9. The molecule has 3 rings (SSSR count). The molecule has 1 aliphatic rings. The highest BCUT2D eigenvalue weighted by atomic mass is 35.5. The van der Waals surface area contributed by atoms with Crippen molar-refractivity contribution in [1.82, 2.24) is 19.9 Å². The van der Waals surface area contributed by atoms with E-state index in [0.717, 1.165) is 9.80 Å². The second-order valence-electron chi connectivity index (χ2n) is 5.01. The molecule has 10 heteroatoms. The van der Waals surface area contributed by atoms with Crippen LogP contribution in [-0.2, 0) is 0 Å². The van der Waals surface area contributed by atoms with Crippen molar-refractivity contribution in [3.05, 3.63) is 40.7 Å². The molecule has 2 aromatic rings.